The second-order valence-corrected chi connectivity index (χ2v) is 5.89. The lowest BCUT2D eigenvalue weighted by atomic mass is 10.2. The van der Waals surface area contributed by atoms with Gasteiger partial charge in [0.1, 0.15) is 18.1 Å². The van der Waals surface area contributed by atoms with Crippen LogP contribution in [-0.2, 0) is 20.9 Å². The molecule has 7 nitrogen and oxygen atoms in total. The summed E-state index contributed by atoms with van der Waals surface area (Å²) < 4.78 is 23.1. The van der Waals surface area contributed by atoms with Crippen LogP contribution in [0, 0.1) is 5.82 Å². The first-order valence-corrected chi connectivity index (χ1v) is 8.53. The van der Waals surface area contributed by atoms with Gasteiger partial charge in [0.15, 0.2) is 6.10 Å². The fourth-order valence-electron chi connectivity index (χ4n) is 2.25. The number of halogens is 1. The summed E-state index contributed by atoms with van der Waals surface area (Å²) in [4.78, 5) is 35.7. The molecule has 28 heavy (non-hydrogen) atoms. The Kier molecular flexibility index (Phi) is 7.50. The predicted octanol–water partition coefficient (Wildman–Crippen LogP) is 1.81. The van der Waals surface area contributed by atoms with Gasteiger partial charge in [-0.05, 0) is 42.8 Å². The average Bonchev–Trinajstić information content (AvgIpc) is 2.70. The van der Waals surface area contributed by atoms with Crippen LogP contribution in [0.5, 0.6) is 5.75 Å². The summed E-state index contributed by atoms with van der Waals surface area (Å²) in [5, 5.41) is 4.97. The van der Waals surface area contributed by atoms with Crippen molar-refractivity contribution in [3.63, 3.8) is 0 Å². The third-order valence-corrected chi connectivity index (χ3v) is 3.78. The van der Waals surface area contributed by atoms with E-state index < -0.39 is 36.2 Å². The second kappa shape index (κ2) is 10.1. The Balaban J connectivity index is 1.74. The van der Waals surface area contributed by atoms with Crippen LogP contribution in [-0.4, -0.2) is 37.5 Å². The second-order valence-electron chi connectivity index (χ2n) is 5.89. The van der Waals surface area contributed by atoms with Crippen molar-refractivity contribution in [3.05, 3.63) is 65.5 Å². The van der Waals surface area contributed by atoms with Crippen LogP contribution in [0.25, 0.3) is 0 Å². The summed E-state index contributed by atoms with van der Waals surface area (Å²) in [6, 6.07) is 12.2. The van der Waals surface area contributed by atoms with E-state index in [0.717, 1.165) is 11.6 Å². The molecule has 0 aliphatic heterocycles. The summed E-state index contributed by atoms with van der Waals surface area (Å²) in [5.41, 5.74) is 0.938. The Hall–Kier alpha value is -3.42. The van der Waals surface area contributed by atoms with E-state index in [1.165, 1.54) is 25.1 Å². The van der Waals surface area contributed by atoms with Gasteiger partial charge in [0.2, 0.25) is 0 Å². The van der Waals surface area contributed by atoms with Crippen molar-refractivity contribution in [1.82, 2.24) is 10.6 Å². The summed E-state index contributed by atoms with van der Waals surface area (Å²) >= 11 is 0. The summed E-state index contributed by atoms with van der Waals surface area (Å²) in [7, 11) is 1.56. The van der Waals surface area contributed by atoms with Gasteiger partial charge in [-0.15, -0.1) is 0 Å². The molecule has 8 heteroatoms. The highest BCUT2D eigenvalue weighted by atomic mass is 19.1. The molecule has 0 radical (unpaired) electrons. The van der Waals surface area contributed by atoms with Gasteiger partial charge in [0.25, 0.3) is 11.8 Å². The maximum Gasteiger partial charge on any atom is 0.326 e. The molecule has 2 aromatic carbocycles. The van der Waals surface area contributed by atoms with E-state index in [0.29, 0.717) is 5.75 Å². The molecule has 2 rings (SSSR count). The van der Waals surface area contributed by atoms with Gasteiger partial charge in [-0.2, -0.15) is 0 Å². The molecule has 2 aromatic rings. The molecule has 2 amide bonds. The summed E-state index contributed by atoms with van der Waals surface area (Å²) in [6.07, 6.45) is -1.03. The van der Waals surface area contributed by atoms with E-state index in [4.69, 9.17) is 9.47 Å². The maximum absolute atomic E-state index is 13.1. The highest BCUT2D eigenvalue weighted by molar-refractivity contribution is 5.96. The molecule has 0 fully saturated rings. The van der Waals surface area contributed by atoms with Gasteiger partial charge < -0.3 is 20.1 Å². The number of hydrogen-bond acceptors (Lipinski definition) is 5. The van der Waals surface area contributed by atoms with Gasteiger partial charge in [-0.25, -0.2) is 4.39 Å². The molecule has 0 heterocycles. The van der Waals surface area contributed by atoms with Crippen LogP contribution in [0.3, 0.4) is 0 Å². The molecule has 0 aliphatic carbocycles. The Labute approximate surface area is 161 Å². The molecule has 0 spiro atoms. The first-order chi connectivity index (χ1) is 13.4. The molecule has 0 aromatic heterocycles. The maximum atomic E-state index is 13.1. The van der Waals surface area contributed by atoms with Gasteiger partial charge in [-0.3, -0.25) is 14.4 Å². The van der Waals surface area contributed by atoms with Crippen LogP contribution in [0.1, 0.15) is 22.8 Å². The number of rotatable bonds is 8. The highest BCUT2D eigenvalue weighted by Gasteiger charge is 2.18. The van der Waals surface area contributed by atoms with Crippen LogP contribution >= 0.6 is 0 Å². The quantitative estimate of drug-likeness (QED) is 0.673. The zero-order chi connectivity index (χ0) is 20.5. The first-order valence-electron chi connectivity index (χ1n) is 8.53. The summed E-state index contributed by atoms with van der Waals surface area (Å²) in [5.74, 6) is -1.72. The zero-order valence-electron chi connectivity index (χ0n) is 15.5. The van der Waals surface area contributed by atoms with Gasteiger partial charge >= 0.3 is 5.97 Å². The molecular weight excluding hydrogens is 367 g/mol. The van der Waals surface area contributed by atoms with E-state index in [1.807, 2.05) is 0 Å². The molecular formula is C20H21FN2O5. The number of nitrogens with one attached hydrogen (secondary N) is 2. The SMILES string of the molecule is COc1ccc(CNC(=O)[C@H](C)OC(=O)CNC(=O)c2cccc(F)c2)cc1. The normalized spacial score (nSPS) is 11.2. The van der Waals surface area contributed by atoms with Crippen LogP contribution in [0.2, 0.25) is 0 Å². The fraction of sp³-hybridized carbons (Fsp3) is 0.250. The third kappa shape index (κ3) is 6.39. The van der Waals surface area contributed by atoms with Gasteiger partial charge in [0, 0.05) is 12.1 Å². The van der Waals surface area contributed by atoms with Gasteiger partial charge in [0.05, 0.1) is 7.11 Å². The highest BCUT2D eigenvalue weighted by Crippen LogP contribution is 2.11. The fourth-order valence-corrected chi connectivity index (χ4v) is 2.25. The van der Waals surface area contributed by atoms with Crippen molar-refractivity contribution in [2.75, 3.05) is 13.7 Å². The summed E-state index contributed by atoms with van der Waals surface area (Å²) in [6.45, 7) is 1.25. The van der Waals surface area contributed by atoms with E-state index >= 15 is 0 Å². The smallest absolute Gasteiger partial charge is 0.326 e. The minimum atomic E-state index is -1.03. The van der Waals surface area contributed by atoms with Gasteiger partial charge in [-0.1, -0.05) is 18.2 Å². The lowest BCUT2D eigenvalue weighted by Gasteiger charge is -2.14. The standard InChI is InChI=1S/C20H21FN2O5/c1-13(19(25)22-11-14-6-8-17(27-2)9-7-14)28-18(24)12-23-20(26)15-4-3-5-16(21)10-15/h3-10,13H,11-12H2,1-2H3,(H,22,25)(H,23,26)/t13-/m0/s1. The van der Waals surface area contributed by atoms with Crippen LogP contribution < -0.4 is 15.4 Å². The topological polar surface area (TPSA) is 93.7 Å². The largest absolute Gasteiger partial charge is 0.497 e. The Morgan fingerprint density at radius 2 is 1.79 bits per heavy atom. The number of methoxy groups -OCH3 is 1. The number of carbonyl (C=O) groups is 3. The number of hydrogen-bond donors (Lipinski definition) is 2. The molecule has 0 saturated heterocycles. The number of carbonyl (C=O) groups excluding carboxylic acids is 3. The average molecular weight is 388 g/mol. The Morgan fingerprint density at radius 3 is 2.43 bits per heavy atom. The first kappa shape index (κ1) is 20.9. The molecule has 0 bridgehead atoms. The number of benzene rings is 2. The molecule has 2 N–H and O–H groups in total. The van der Waals surface area contributed by atoms with E-state index in [2.05, 4.69) is 10.6 Å². The van der Waals surface area contributed by atoms with E-state index in [-0.39, 0.29) is 12.1 Å². The minimum Gasteiger partial charge on any atom is -0.497 e. The lowest BCUT2D eigenvalue weighted by molar-refractivity contribution is -0.153. The van der Waals surface area contributed by atoms with Crippen molar-refractivity contribution in [3.8, 4) is 5.75 Å². The number of ether oxygens (including phenoxy) is 2. The molecule has 0 aliphatic rings. The minimum absolute atomic E-state index is 0.0816. The Morgan fingerprint density at radius 1 is 1.07 bits per heavy atom. The number of amides is 2. The van der Waals surface area contributed by atoms with E-state index in [1.54, 1.807) is 31.4 Å². The third-order valence-electron chi connectivity index (χ3n) is 3.78. The molecule has 1 atom stereocenters. The molecule has 0 saturated carbocycles. The van der Waals surface area contributed by atoms with Crippen molar-refractivity contribution < 1.29 is 28.2 Å². The van der Waals surface area contributed by atoms with Crippen molar-refractivity contribution in [2.45, 2.75) is 19.6 Å². The van der Waals surface area contributed by atoms with E-state index in [9.17, 15) is 18.8 Å². The monoisotopic (exact) mass is 388 g/mol. The Bertz CT molecular complexity index is 839. The number of esters is 1. The van der Waals surface area contributed by atoms with Crippen LogP contribution in [0.15, 0.2) is 48.5 Å². The predicted molar refractivity (Wildman–Crippen MR) is 99.1 cm³/mol. The van der Waals surface area contributed by atoms with Crippen LogP contribution in [0.4, 0.5) is 4.39 Å². The molecule has 0 unspecified atom stereocenters. The lowest BCUT2D eigenvalue weighted by Crippen LogP contribution is -2.38. The van der Waals surface area contributed by atoms with Crippen molar-refractivity contribution in [1.29, 1.82) is 0 Å². The zero-order valence-corrected chi connectivity index (χ0v) is 15.5. The van der Waals surface area contributed by atoms with Crippen molar-refractivity contribution in [2.24, 2.45) is 0 Å². The van der Waals surface area contributed by atoms with Crippen molar-refractivity contribution >= 4 is 17.8 Å². The molecule has 148 valence electrons.